The van der Waals surface area contributed by atoms with Crippen molar-refractivity contribution in [3.8, 4) is 0 Å². The number of amides is 2. The molecule has 2 aromatic rings. The van der Waals surface area contributed by atoms with Crippen molar-refractivity contribution in [3.05, 3.63) is 64.7 Å². The highest BCUT2D eigenvalue weighted by molar-refractivity contribution is 6.30. The number of hydrogen-bond acceptors (Lipinski definition) is 2. The number of hydrogen-bond donors (Lipinski definition) is 3. The van der Waals surface area contributed by atoms with Gasteiger partial charge in [-0.05, 0) is 35.4 Å². The molecule has 0 radical (unpaired) electrons. The first kappa shape index (κ1) is 13.9. The molecule has 0 saturated heterocycles. The van der Waals surface area contributed by atoms with Gasteiger partial charge in [0.05, 0.1) is 12.1 Å². The first-order chi connectivity index (χ1) is 10.1. The maximum absolute atomic E-state index is 12.0. The zero-order valence-corrected chi connectivity index (χ0v) is 12.0. The van der Waals surface area contributed by atoms with Gasteiger partial charge in [0.15, 0.2) is 0 Å². The molecule has 0 fully saturated rings. The summed E-state index contributed by atoms with van der Waals surface area (Å²) in [6.45, 7) is 0. The number of benzene rings is 2. The molecule has 1 aliphatic rings. The number of anilines is 1. The minimum atomic E-state index is -0.599. The fraction of sp³-hybridized carbons (Fsp3) is 0.188. The minimum absolute atomic E-state index is 0.349. The second-order valence-electron chi connectivity index (χ2n) is 5.05. The number of aliphatic hydroxyl groups is 1. The maximum Gasteiger partial charge on any atom is 0.319 e. The number of rotatable bonds is 2. The standard InChI is InChI=1S/C16H15ClN2O2/c17-11-5-7-12(8-6-11)18-16(21)19-15-13-4-2-1-3-10(13)9-14(15)20/h1-8,14-15,20H,9H2,(H2,18,19,21). The molecule has 5 heteroatoms. The van der Waals surface area contributed by atoms with E-state index in [-0.39, 0.29) is 12.1 Å². The highest BCUT2D eigenvalue weighted by Gasteiger charge is 2.31. The highest BCUT2D eigenvalue weighted by Crippen LogP contribution is 2.31. The molecule has 3 N–H and O–H groups in total. The Labute approximate surface area is 127 Å². The first-order valence-electron chi connectivity index (χ1n) is 6.72. The molecule has 0 aliphatic heterocycles. The summed E-state index contributed by atoms with van der Waals surface area (Å²) in [5.74, 6) is 0. The average Bonchev–Trinajstić information content (AvgIpc) is 2.78. The van der Waals surface area contributed by atoms with Crippen molar-refractivity contribution in [2.75, 3.05) is 5.32 Å². The number of fused-ring (bicyclic) bond motifs is 1. The number of halogens is 1. The Balaban J connectivity index is 1.69. The molecule has 0 spiro atoms. The molecule has 2 amide bonds. The quantitative estimate of drug-likeness (QED) is 0.798. The van der Waals surface area contributed by atoms with Crippen molar-refractivity contribution in [2.45, 2.75) is 18.6 Å². The Morgan fingerprint density at radius 1 is 1.14 bits per heavy atom. The number of carbonyl (C=O) groups is 1. The van der Waals surface area contributed by atoms with Gasteiger partial charge >= 0.3 is 6.03 Å². The predicted molar refractivity (Wildman–Crippen MR) is 82.5 cm³/mol. The molecule has 3 rings (SSSR count). The van der Waals surface area contributed by atoms with Crippen LogP contribution in [0.25, 0.3) is 0 Å². The predicted octanol–water partition coefficient (Wildman–Crippen LogP) is 3.12. The van der Waals surface area contributed by atoms with Crippen LogP contribution in [0.4, 0.5) is 10.5 Å². The summed E-state index contributed by atoms with van der Waals surface area (Å²) >= 11 is 5.80. The number of nitrogens with one attached hydrogen (secondary N) is 2. The van der Waals surface area contributed by atoms with E-state index in [1.807, 2.05) is 24.3 Å². The van der Waals surface area contributed by atoms with Gasteiger partial charge in [-0.1, -0.05) is 35.9 Å². The van der Waals surface area contributed by atoms with Gasteiger partial charge in [-0.2, -0.15) is 0 Å². The van der Waals surface area contributed by atoms with E-state index in [1.54, 1.807) is 24.3 Å². The lowest BCUT2D eigenvalue weighted by atomic mass is 10.1. The fourth-order valence-corrected chi connectivity index (χ4v) is 2.72. The van der Waals surface area contributed by atoms with Crippen molar-refractivity contribution < 1.29 is 9.90 Å². The summed E-state index contributed by atoms with van der Waals surface area (Å²) in [6.07, 6.45) is -0.0411. The molecule has 21 heavy (non-hydrogen) atoms. The summed E-state index contributed by atoms with van der Waals surface area (Å²) in [5, 5.41) is 16.3. The summed E-state index contributed by atoms with van der Waals surface area (Å²) in [5.41, 5.74) is 2.69. The van der Waals surface area contributed by atoms with Gasteiger partial charge in [-0.15, -0.1) is 0 Å². The van der Waals surface area contributed by atoms with E-state index in [2.05, 4.69) is 10.6 Å². The van der Waals surface area contributed by atoms with Crippen LogP contribution < -0.4 is 10.6 Å². The highest BCUT2D eigenvalue weighted by atomic mass is 35.5. The Hall–Kier alpha value is -2.04. The maximum atomic E-state index is 12.0. The van der Waals surface area contributed by atoms with E-state index in [4.69, 9.17) is 11.6 Å². The molecule has 0 heterocycles. The monoisotopic (exact) mass is 302 g/mol. The van der Waals surface area contributed by atoms with Crippen LogP contribution in [0, 0.1) is 0 Å². The molecule has 108 valence electrons. The van der Waals surface area contributed by atoms with E-state index in [1.165, 1.54) is 0 Å². The summed E-state index contributed by atoms with van der Waals surface area (Å²) in [6, 6.07) is 13.9. The van der Waals surface area contributed by atoms with Crippen LogP contribution in [0.3, 0.4) is 0 Å². The second-order valence-corrected chi connectivity index (χ2v) is 5.49. The summed E-state index contributed by atoms with van der Waals surface area (Å²) in [4.78, 5) is 12.0. The molecular formula is C16H15ClN2O2. The Bertz CT molecular complexity index is 658. The zero-order chi connectivity index (χ0) is 14.8. The molecule has 1 aliphatic carbocycles. The Kier molecular flexibility index (Phi) is 3.82. The van der Waals surface area contributed by atoms with Crippen molar-refractivity contribution in [2.24, 2.45) is 0 Å². The Morgan fingerprint density at radius 2 is 1.86 bits per heavy atom. The van der Waals surface area contributed by atoms with Gasteiger partial charge in [0.25, 0.3) is 0 Å². The molecule has 2 unspecified atom stereocenters. The third-order valence-electron chi connectivity index (χ3n) is 3.59. The molecular weight excluding hydrogens is 288 g/mol. The van der Waals surface area contributed by atoms with Crippen molar-refractivity contribution in [1.82, 2.24) is 5.32 Å². The molecule has 4 nitrogen and oxygen atoms in total. The van der Waals surface area contributed by atoms with E-state index < -0.39 is 6.10 Å². The van der Waals surface area contributed by atoms with Crippen molar-refractivity contribution >= 4 is 23.3 Å². The SMILES string of the molecule is O=C(Nc1ccc(Cl)cc1)NC1c2ccccc2CC1O. The van der Waals surface area contributed by atoms with Gasteiger partial charge in [0, 0.05) is 17.1 Å². The minimum Gasteiger partial charge on any atom is -0.390 e. The third-order valence-corrected chi connectivity index (χ3v) is 3.84. The van der Waals surface area contributed by atoms with Crippen LogP contribution in [-0.4, -0.2) is 17.2 Å². The molecule has 2 aromatic carbocycles. The number of aliphatic hydroxyl groups excluding tert-OH is 1. The Morgan fingerprint density at radius 3 is 2.62 bits per heavy atom. The van der Waals surface area contributed by atoms with Crippen LogP contribution >= 0.6 is 11.6 Å². The molecule has 0 aromatic heterocycles. The van der Waals surface area contributed by atoms with E-state index in [9.17, 15) is 9.90 Å². The number of urea groups is 1. The van der Waals surface area contributed by atoms with Gasteiger partial charge in [0.2, 0.25) is 0 Å². The lowest BCUT2D eigenvalue weighted by Crippen LogP contribution is -2.36. The van der Waals surface area contributed by atoms with E-state index in [0.29, 0.717) is 17.1 Å². The molecule has 0 bridgehead atoms. The van der Waals surface area contributed by atoms with E-state index >= 15 is 0 Å². The normalized spacial score (nSPS) is 19.9. The first-order valence-corrected chi connectivity index (χ1v) is 7.10. The zero-order valence-electron chi connectivity index (χ0n) is 11.2. The largest absolute Gasteiger partial charge is 0.390 e. The van der Waals surface area contributed by atoms with Crippen LogP contribution in [0.5, 0.6) is 0 Å². The lowest BCUT2D eigenvalue weighted by molar-refractivity contribution is 0.144. The molecule has 0 saturated carbocycles. The van der Waals surface area contributed by atoms with Crippen LogP contribution in [0.2, 0.25) is 5.02 Å². The lowest BCUT2D eigenvalue weighted by Gasteiger charge is -2.18. The average molecular weight is 303 g/mol. The number of carbonyl (C=O) groups excluding carboxylic acids is 1. The fourth-order valence-electron chi connectivity index (χ4n) is 2.59. The smallest absolute Gasteiger partial charge is 0.319 e. The molecule has 2 atom stereocenters. The second kappa shape index (κ2) is 5.76. The third kappa shape index (κ3) is 3.01. The van der Waals surface area contributed by atoms with Crippen molar-refractivity contribution in [1.29, 1.82) is 0 Å². The van der Waals surface area contributed by atoms with Gasteiger partial charge in [-0.25, -0.2) is 4.79 Å². The van der Waals surface area contributed by atoms with Gasteiger partial charge in [0.1, 0.15) is 0 Å². The van der Waals surface area contributed by atoms with Gasteiger partial charge in [-0.3, -0.25) is 0 Å². The van der Waals surface area contributed by atoms with Crippen LogP contribution in [0.1, 0.15) is 17.2 Å². The van der Waals surface area contributed by atoms with Crippen molar-refractivity contribution in [3.63, 3.8) is 0 Å². The topological polar surface area (TPSA) is 61.4 Å². The van der Waals surface area contributed by atoms with E-state index in [0.717, 1.165) is 11.1 Å². The summed E-state index contributed by atoms with van der Waals surface area (Å²) < 4.78 is 0. The van der Waals surface area contributed by atoms with Gasteiger partial charge < -0.3 is 15.7 Å². The van der Waals surface area contributed by atoms with Crippen LogP contribution in [0.15, 0.2) is 48.5 Å². The summed E-state index contributed by atoms with van der Waals surface area (Å²) in [7, 11) is 0. The van der Waals surface area contributed by atoms with Crippen LogP contribution in [-0.2, 0) is 6.42 Å².